The summed E-state index contributed by atoms with van der Waals surface area (Å²) in [6.07, 6.45) is 6.04. The van der Waals surface area contributed by atoms with Gasteiger partial charge in [-0.3, -0.25) is 4.79 Å². The smallest absolute Gasteiger partial charge is 0.264 e. The number of nitrogens with zero attached hydrogens (tertiary/aromatic N) is 1. The lowest BCUT2D eigenvalue weighted by Crippen LogP contribution is -2.52. The van der Waals surface area contributed by atoms with Crippen molar-refractivity contribution in [3.63, 3.8) is 0 Å². The second kappa shape index (κ2) is 5.63. The zero-order valence-corrected chi connectivity index (χ0v) is 12.3. The number of aryl methyl sites for hydroxylation is 1. The Kier molecular flexibility index (Phi) is 3.89. The highest BCUT2D eigenvalue weighted by Gasteiger charge is 2.35. The van der Waals surface area contributed by atoms with Crippen LogP contribution in [0.25, 0.3) is 0 Å². The van der Waals surface area contributed by atoms with E-state index >= 15 is 0 Å². The van der Waals surface area contributed by atoms with Crippen LogP contribution in [-0.2, 0) is 0 Å². The van der Waals surface area contributed by atoms with E-state index in [0.29, 0.717) is 12.1 Å². The molecule has 1 amide bonds. The van der Waals surface area contributed by atoms with Crippen molar-refractivity contribution < 1.29 is 4.79 Å². The van der Waals surface area contributed by atoms with Crippen molar-refractivity contribution in [2.24, 2.45) is 0 Å². The molecule has 19 heavy (non-hydrogen) atoms. The Morgan fingerprint density at radius 2 is 2.26 bits per heavy atom. The maximum Gasteiger partial charge on any atom is 0.264 e. The Morgan fingerprint density at radius 1 is 1.37 bits per heavy atom. The topological polar surface area (TPSA) is 32.3 Å². The number of rotatable bonds is 2. The molecule has 0 aromatic carbocycles. The summed E-state index contributed by atoms with van der Waals surface area (Å²) in [6.45, 7) is 4.08. The van der Waals surface area contributed by atoms with Gasteiger partial charge in [-0.1, -0.05) is 0 Å². The number of thiophene rings is 1. The molecule has 104 valence electrons. The van der Waals surface area contributed by atoms with Crippen LogP contribution < -0.4 is 5.32 Å². The molecule has 0 saturated carbocycles. The number of hydrogen-bond donors (Lipinski definition) is 1. The Bertz CT molecular complexity index is 451. The highest BCUT2D eigenvalue weighted by molar-refractivity contribution is 7.12. The summed E-state index contributed by atoms with van der Waals surface area (Å²) in [7, 11) is 0. The number of carbonyl (C=O) groups excluding carboxylic acids is 1. The molecule has 3 heterocycles. The molecule has 2 fully saturated rings. The molecule has 2 saturated heterocycles. The van der Waals surface area contributed by atoms with Gasteiger partial charge in [0.2, 0.25) is 0 Å². The minimum Gasteiger partial charge on any atom is -0.333 e. The van der Waals surface area contributed by atoms with Crippen LogP contribution in [0.5, 0.6) is 0 Å². The molecule has 1 aromatic rings. The van der Waals surface area contributed by atoms with Gasteiger partial charge in [0.15, 0.2) is 0 Å². The standard InChI is InChI=1S/C15H22N2OS/c1-11-7-10-19-14(11)15(18)17-9-3-2-6-13(17)12-5-4-8-16-12/h7,10,12-13,16H,2-6,8-9H2,1H3. The van der Waals surface area contributed by atoms with Gasteiger partial charge in [-0.25, -0.2) is 0 Å². The van der Waals surface area contributed by atoms with E-state index in [1.54, 1.807) is 11.3 Å². The maximum absolute atomic E-state index is 12.8. The molecule has 1 N–H and O–H groups in total. The van der Waals surface area contributed by atoms with E-state index in [1.807, 2.05) is 18.4 Å². The van der Waals surface area contributed by atoms with Gasteiger partial charge in [-0.15, -0.1) is 11.3 Å². The summed E-state index contributed by atoms with van der Waals surface area (Å²) in [5, 5.41) is 5.60. The highest BCUT2D eigenvalue weighted by Crippen LogP contribution is 2.27. The number of piperidine rings is 1. The van der Waals surface area contributed by atoms with Gasteiger partial charge in [-0.2, -0.15) is 0 Å². The van der Waals surface area contributed by atoms with Crippen molar-refractivity contribution in [2.75, 3.05) is 13.1 Å². The van der Waals surface area contributed by atoms with E-state index in [2.05, 4.69) is 10.2 Å². The van der Waals surface area contributed by atoms with Crippen LogP contribution in [0.15, 0.2) is 11.4 Å². The normalized spacial score (nSPS) is 27.7. The largest absolute Gasteiger partial charge is 0.333 e. The van der Waals surface area contributed by atoms with Gasteiger partial charge in [0, 0.05) is 18.6 Å². The van der Waals surface area contributed by atoms with Crippen LogP contribution in [0.3, 0.4) is 0 Å². The van der Waals surface area contributed by atoms with Crippen LogP contribution in [0.1, 0.15) is 47.3 Å². The quantitative estimate of drug-likeness (QED) is 0.902. The molecule has 0 aliphatic carbocycles. The summed E-state index contributed by atoms with van der Waals surface area (Å²) in [5.41, 5.74) is 1.12. The first-order valence-electron chi connectivity index (χ1n) is 7.36. The minimum atomic E-state index is 0.255. The molecule has 2 atom stereocenters. The summed E-state index contributed by atoms with van der Waals surface area (Å²) in [5.74, 6) is 0.255. The van der Waals surface area contributed by atoms with Gasteiger partial charge in [0.05, 0.1) is 4.88 Å². The Balaban J connectivity index is 1.80. The first kappa shape index (κ1) is 13.1. The van der Waals surface area contributed by atoms with Crippen molar-refractivity contribution >= 4 is 17.2 Å². The van der Waals surface area contributed by atoms with Crippen molar-refractivity contribution in [1.29, 1.82) is 0 Å². The molecule has 0 bridgehead atoms. The average molecular weight is 278 g/mol. The number of carbonyl (C=O) groups is 1. The minimum absolute atomic E-state index is 0.255. The molecular weight excluding hydrogens is 256 g/mol. The van der Waals surface area contributed by atoms with E-state index in [9.17, 15) is 4.79 Å². The molecule has 3 rings (SSSR count). The molecule has 2 unspecified atom stereocenters. The number of amides is 1. The SMILES string of the molecule is Cc1ccsc1C(=O)N1CCCCC1C1CCCN1. The lowest BCUT2D eigenvalue weighted by atomic mass is 9.94. The monoisotopic (exact) mass is 278 g/mol. The highest BCUT2D eigenvalue weighted by atomic mass is 32.1. The third-order valence-electron chi connectivity index (χ3n) is 4.43. The molecule has 3 nitrogen and oxygen atoms in total. The third kappa shape index (κ3) is 2.56. The van der Waals surface area contributed by atoms with Crippen molar-refractivity contribution in [2.45, 2.75) is 51.1 Å². The van der Waals surface area contributed by atoms with Crippen molar-refractivity contribution in [3.05, 3.63) is 21.9 Å². The Labute approximate surface area is 119 Å². The molecule has 0 spiro atoms. The van der Waals surface area contributed by atoms with E-state index in [4.69, 9.17) is 0 Å². The number of hydrogen-bond acceptors (Lipinski definition) is 3. The third-order valence-corrected chi connectivity index (χ3v) is 5.43. The molecule has 2 aliphatic rings. The van der Waals surface area contributed by atoms with Crippen molar-refractivity contribution in [1.82, 2.24) is 10.2 Å². The molecule has 0 radical (unpaired) electrons. The van der Waals surface area contributed by atoms with Crippen LogP contribution in [0.4, 0.5) is 0 Å². The predicted molar refractivity (Wildman–Crippen MR) is 78.8 cm³/mol. The average Bonchev–Trinajstić information content (AvgIpc) is 3.09. The van der Waals surface area contributed by atoms with Gasteiger partial charge in [0.1, 0.15) is 0 Å². The van der Waals surface area contributed by atoms with E-state index in [1.165, 1.54) is 19.3 Å². The summed E-state index contributed by atoms with van der Waals surface area (Å²) in [4.78, 5) is 15.8. The van der Waals surface area contributed by atoms with Crippen LogP contribution in [0.2, 0.25) is 0 Å². The summed E-state index contributed by atoms with van der Waals surface area (Å²) < 4.78 is 0. The van der Waals surface area contributed by atoms with Gasteiger partial charge in [0.25, 0.3) is 5.91 Å². The van der Waals surface area contributed by atoms with Gasteiger partial charge >= 0.3 is 0 Å². The summed E-state index contributed by atoms with van der Waals surface area (Å²) >= 11 is 1.58. The lowest BCUT2D eigenvalue weighted by Gasteiger charge is -2.39. The Morgan fingerprint density at radius 3 is 2.95 bits per heavy atom. The predicted octanol–water partition coefficient (Wildman–Crippen LogP) is 2.80. The Hall–Kier alpha value is -0.870. The first-order chi connectivity index (χ1) is 9.27. The van der Waals surface area contributed by atoms with Crippen LogP contribution in [-0.4, -0.2) is 36.0 Å². The fourth-order valence-electron chi connectivity index (χ4n) is 3.39. The zero-order chi connectivity index (χ0) is 13.2. The maximum atomic E-state index is 12.8. The van der Waals surface area contributed by atoms with Crippen LogP contribution in [0, 0.1) is 6.92 Å². The van der Waals surface area contributed by atoms with E-state index < -0.39 is 0 Å². The van der Waals surface area contributed by atoms with Gasteiger partial charge in [-0.05, 0) is 62.6 Å². The molecule has 4 heteroatoms. The molecule has 2 aliphatic heterocycles. The van der Waals surface area contributed by atoms with E-state index in [0.717, 1.165) is 36.4 Å². The number of likely N-dealkylation sites (tertiary alicyclic amines) is 1. The second-order valence-electron chi connectivity index (χ2n) is 5.70. The number of nitrogens with one attached hydrogen (secondary N) is 1. The van der Waals surface area contributed by atoms with E-state index in [-0.39, 0.29) is 5.91 Å². The van der Waals surface area contributed by atoms with Gasteiger partial charge < -0.3 is 10.2 Å². The first-order valence-corrected chi connectivity index (χ1v) is 8.24. The fourth-order valence-corrected chi connectivity index (χ4v) is 4.27. The molecule has 1 aromatic heterocycles. The summed E-state index contributed by atoms with van der Waals surface area (Å²) in [6, 6.07) is 2.97. The van der Waals surface area contributed by atoms with Crippen molar-refractivity contribution in [3.8, 4) is 0 Å². The molecular formula is C15H22N2OS. The second-order valence-corrected chi connectivity index (χ2v) is 6.61. The lowest BCUT2D eigenvalue weighted by molar-refractivity contribution is 0.0568. The zero-order valence-electron chi connectivity index (χ0n) is 11.5. The fraction of sp³-hybridized carbons (Fsp3) is 0.667. The van der Waals surface area contributed by atoms with Crippen LogP contribution >= 0.6 is 11.3 Å².